The molecule has 3 aromatic rings. The normalized spacial score (nSPS) is 12.0. The zero-order valence-electron chi connectivity index (χ0n) is 15.1. The number of thiophene rings is 1. The number of amides is 2. The maximum atomic E-state index is 12.4. The molecular weight excluding hydrogens is 378 g/mol. The molecule has 0 radical (unpaired) electrons. The Morgan fingerprint density at radius 1 is 1.07 bits per heavy atom. The molecule has 0 saturated heterocycles. The Morgan fingerprint density at radius 2 is 1.85 bits per heavy atom. The van der Waals surface area contributed by atoms with Gasteiger partial charge in [-0.1, -0.05) is 38.1 Å². The summed E-state index contributed by atoms with van der Waals surface area (Å²) < 4.78 is 0. The van der Waals surface area contributed by atoms with Crippen LogP contribution >= 0.6 is 22.7 Å². The average Bonchev–Trinajstić information content (AvgIpc) is 3.32. The molecule has 2 aromatic heterocycles. The topological polar surface area (TPSA) is 71.1 Å². The van der Waals surface area contributed by atoms with Gasteiger partial charge in [0.1, 0.15) is 0 Å². The molecule has 0 aliphatic carbocycles. The van der Waals surface area contributed by atoms with Crippen LogP contribution in [0.1, 0.15) is 40.8 Å². The van der Waals surface area contributed by atoms with Crippen LogP contribution in [-0.2, 0) is 11.2 Å². The average molecular weight is 400 g/mol. The molecule has 27 heavy (non-hydrogen) atoms. The summed E-state index contributed by atoms with van der Waals surface area (Å²) in [5.41, 5.74) is 1.22. The fraction of sp³-hybridized carbons (Fsp3) is 0.250. The number of hydrogen-bond donors (Lipinski definition) is 2. The van der Waals surface area contributed by atoms with Gasteiger partial charge in [-0.25, -0.2) is 4.98 Å². The van der Waals surface area contributed by atoms with Crippen molar-refractivity contribution in [2.45, 2.75) is 26.3 Å². The zero-order valence-corrected chi connectivity index (χ0v) is 16.8. The van der Waals surface area contributed by atoms with Gasteiger partial charge >= 0.3 is 0 Å². The van der Waals surface area contributed by atoms with Crippen molar-refractivity contribution in [3.8, 4) is 0 Å². The lowest BCUT2D eigenvalue weighted by atomic mass is 10.0. The van der Waals surface area contributed by atoms with Crippen molar-refractivity contribution in [1.29, 1.82) is 0 Å². The first-order valence-electron chi connectivity index (χ1n) is 8.66. The van der Waals surface area contributed by atoms with E-state index < -0.39 is 0 Å². The molecule has 3 rings (SSSR count). The Labute approximate surface area is 166 Å². The Hall–Kier alpha value is -2.51. The van der Waals surface area contributed by atoms with Gasteiger partial charge in [0.15, 0.2) is 5.13 Å². The third kappa shape index (κ3) is 5.24. The second-order valence-corrected chi connectivity index (χ2v) is 8.28. The number of aromatic nitrogens is 1. The molecule has 0 unspecified atom stereocenters. The van der Waals surface area contributed by atoms with E-state index >= 15 is 0 Å². The summed E-state index contributed by atoms with van der Waals surface area (Å²) in [7, 11) is 0. The lowest BCUT2D eigenvalue weighted by molar-refractivity contribution is -0.121. The molecular formula is C20H21N3O2S2. The Bertz CT molecular complexity index is 889. The van der Waals surface area contributed by atoms with Crippen molar-refractivity contribution in [3.63, 3.8) is 0 Å². The molecule has 140 valence electrons. The summed E-state index contributed by atoms with van der Waals surface area (Å²) in [5, 5.41) is 10.2. The minimum Gasteiger partial charge on any atom is -0.348 e. The number of carbonyl (C=O) groups excluding carboxylic acids is 2. The van der Waals surface area contributed by atoms with E-state index in [2.05, 4.69) is 29.5 Å². The lowest BCUT2D eigenvalue weighted by Crippen LogP contribution is -2.32. The van der Waals surface area contributed by atoms with Gasteiger partial charge in [0.25, 0.3) is 5.91 Å². The van der Waals surface area contributed by atoms with E-state index in [1.807, 2.05) is 35.7 Å². The van der Waals surface area contributed by atoms with Gasteiger partial charge in [-0.05, 0) is 29.5 Å². The quantitative estimate of drug-likeness (QED) is 0.614. The second-order valence-electron chi connectivity index (χ2n) is 6.45. The van der Waals surface area contributed by atoms with Gasteiger partial charge in [-0.3, -0.25) is 14.9 Å². The molecule has 2 heterocycles. The van der Waals surface area contributed by atoms with E-state index in [1.54, 1.807) is 28.8 Å². The third-order valence-corrected chi connectivity index (χ3v) is 5.74. The maximum absolute atomic E-state index is 12.4. The van der Waals surface area contributed by atoms with Crippen molar-refractivity contribution in [1.82, 2.24) is 10.3 Å². The molecule has 0 saturated carbocycles. The Kier molecular flexibility index (Phi) is 6.36. The highest BCUT2D eigenvalue weighted by molar-refractivity contribution is 7.14. The monoisotopic (exact) mass is 399 g/mol. The Balaban J connectivity index is 1.58. The van der Waals surface area contributed by atoms with E-state index in [1.165, 1.54) is 11.3 Å². The highest BCUT2D eigenvalue weighted by Crippen LogP contribution is 2.26. The summed E-state index contributed by atoms with van der Waals surface area (Å²) in [6.45, 7) is 4.18. The lowest BCUT2D eigenvalue weighted by Gasteiger charge is -2.21. The molecule has 0 spiro atoms. The number of hydrogen-bond acceptors (Lipinski definition) is 5. The number of anilines is 1. The standard InChI is InChI=1S/C20H21N3O2S2/c1-13(2)18(16-9-6-10-26-16)22-17(24)11-15-12-27-20(21-15)23-19(25)14-7-4-3-5-8-14/h3-10,12-13,18H,11H2,1-2H3,(H,22,24)(H,21,23,25)/t18-/m1/s1. The van der Waals surface area contributed by atoms with Crippen LogP contribution in [0.3, 0.4) is 0 Å². The largest absolute Gasteiger partial charge is 0.348 e. The van der Waals surface area contributed by atoms with Crippen LogP contribution in [-0.4, -0.2) is 16.8 Å². The molecule has 7 heteroatoms. The van der Waals surface area contributed by atoms with E-state index in [-0.39, 0.29) is 24.3 Å². The van der Waals surface area contributed by atoms with Crippen LogP contribution in [0.4, 0.5) is 5.13 Å². The molecule has 0 aliphatic rings. The molecule has 0 bridgehead atoms. The van der Waals surface area contributed by atoms with Gasteiger partial charge in [-0.15, -0.1) is 22.7 Å². The first-order chi connectivity index (χ1) is 13.0. The predicted molar refractivity (Wildman–Crippen MR) is 110 cm³/mol. The number of nitrogens with zero attached hydrogens (tertiary/aromatic N) is 1. The summed E-state index contributed by atoms with van der Waals surface area (Å²) in [6, 6.07) is 13.0. The summed E-state index contributed by atoms with van der Waals surface area (Å²) in [6.07, 6.45) is 0.187. The minimum atomic E-state index is -0.210. The molecule has 1 aromatic carbocycles. The van der Waals surface area contributed by atoms with Crippen LogP contribution in [0, 0.1) is 5.92 Å². The van der Waals surface area contributed by atoms with E-state index in [4.69, 9.17) is 0 Å². The highest BCUT2D eigenvalue weighted by atomic mass is 32.1. The van der Waals surface area contributed by atoms with E-state index in [0.717, 1.165) is 4.88 Å². The molecule has 2 amide bonds. The predicted octanol–water partition coefficient (Wildman–Crippen LogP) is 4.51. The van der Waals surface area contributed by atoms with Crippen LogP contribution in [0.5, 0.6) is 0 Å². The van der Waals surface area contributed by atoms with Crippen molar-refractivity contribution in [2.75, 3.05) is 5.32 Å². The molecule has 0 fully saturated rings. The second kappa shape index (κ2) is 8.92. The third-order valence-electron chi connectivity index (χ3n) is 3.98. The van der Waals surface area contributed by atoms with Gasteiger partial charge in [-0.2, -0.15) is 0 Å². The molecule has 0 aliphatic heterocycles. The first kappa shape index (κ1) is 19.3. The number of rotatable bonds is 7. The van der Waals surface area contributed by atoms with Gasteiger partial charge in [0, 0.05) is 15.8 Å². The van der Waals surface area contributed by atoms with Crippen LogP contribution in [0.2, 0.25) is 0 Å². The SMILES string of the molecule is CC(C)[C@@H](NC(=O)Cc1csc(NC(=O)c2ccccc2)n1)c1cccs1. The number of thiazole rings is 1. The summed E-state index contributed by atoms with van der Waals surface area (Å²) in [5.74, 6) is 0.00982. The van der Waals surface area contributed by atoms with Crippen LogP contribution in [0.15, 0.2) is 53.2 Å². The van der Waals surface area contributed by atoms with Crippen LogP contribution < -0.4 is 10.6 Å². The van der Waals surface area contributed by atoms with E-state index in [9.17, 15) is 9.59 Å². The summed E-state index contributed by atoms with van der Waals surface area (Å²) >= 11 is 2.96. The van der Waals surface area contributed by atoms with Crippen molar-refractivity contribution < 1.29 is 9.59 Å². The number of benzene rings is 1. The van der Waals surface area contributed by atoms with Crippen molar-refractivity contribution >= 4 is 39.6 Å². The van der Waals surface area contributed by atoms with Crippen molar-refractivity contribution in [3.05, 3.63) is 69.4 Å². The maximum Gasteiger partial charge on any atom is 0.257 e. The fourth-order valence-electron chi connectivity index (χ4n) is 2.63. The molecule has 2 N–H and O–H groups in total. The summed E-state index contributed by atoms with van der Waals surface area (Å²) in [4.78, 5) is 30.1. The first-order valence-corrected chi connectivity index (χ1v) is 10.4. The number of carbonyl (C=O) groups is 2. The van der Waals surface area contributed by atoms with Gasteiger partial charge < -0.3 is 5.32 Å². The highest BCUT2D eigenvalue weighted by Gasteiger charge is 2.20. The van der Waals surface area contributed by atoms with Gasteiger partial charge in [0.2, 0.25) is 5.91 Å². The van der Waals surface area contributed by atoms with E-state index in [0.29, 0.717) is 22.3 Å². The fourth-order valence-corrected chi connectivity index (χ4v) is 4.28. The van der Waals surface area contributed by atoms with Crippen molar-refractivity contribution in [2.24, 2.45) is 5.92 Å². The van der Waals surface area contributed by atoms with Gasteiger partial charge in [0.05, 0.1) is 18.2 Å². The Morgan fingerprint density at radius 3 is 2.52 bits per heavy atom. The smallest absolute Gasteiger partial charge is 0.257 e. The minimum absolute atomic E-state index is 0.00612. The zero-order chi connectivity index (χ0) is 19.2. The molecule has 1 atom stereocenters. The van der Waals surface area contributed by atoms with Crippen LogP contribution in [0.25, 0.3) is 0 Å². The number of nitrogens with one attached hydrogen (secondary N) is 2. The molecule has 5 nitrogen and oxygen atoms in total.